The van der Waals surface area contributed by atoms with Gasteiger partial charge in [0, 0.05) is 11.9 Å². The van der Waals surface area contributed by atoms with Crippen molar-refractivity contribution < 1.29 is 9.18 Å². The first-order valence-corrected chi connectivity index (χ1v) is 9.71. The maximum absolute atomic E-state index is 13.6. The number of halogens is 1. The molecule has 0 saturated carbocycles. The van der Waals surface area contributed by atoms with E-state index >= 15 is 0 Å². The van der Waals surface area contributed by atoms with Crippen molar-refractivity contribution in [3.05, 3.63) is 94.7 Å². The molecule has 2 aromatic heterocycles. The van der Waals surface area contributed by atoms with Gasteiger partial charge in [-0.3, -0.25) is 9.48 Å². The number of aromatic nitrogens is 2. The van der Waals surface area contributed by atoms with Gasteiger partial charge in [0.15, 0.2) is 0 Å². The minimum atomic E-state index is -0.390. The smallest absolute Gasteiger partial charge is 0.259 e. The zero-order valence-electron chi connectivity index (χ0n) is 15.2. The molecule has 0 atom stereocenters. The molecule has 140 valence electrons. The first-order chi connectivity index (χ1) is 13.6. The molecule has 1 amide bonds. The van der Waals surface area contributed by atoms with Gasteiger partial charge in [0.05, 0.1) is 17.0 Å². The molecule has 0 aliphatic carbocycles. The lowest BCUT2D eigenvalue weighted by Crippen LogP contribution is -2.13. The summed E-state index contributed by atoms with van der Waals surface area (Å²) in [5.74, 6) is -0.699. The molecule has 0 radical (unpaired) electrons. The lowest BCUT2D eigenvalue weighted by Gasteiger charge is -2.08. The molecular formula is C22H18FN3OS. The highest BCUT2D eigenvalue weighted by molar-refractivity contribution is 7.13. The van der Waals surface area contributed by atoms with Crippen LogP contribution < -0.4 is 5.32 Å². The monoisotopic (exact) mass is 391 g/mol. The van der Waals surface area contributed by atoms with Crippen LogP contribution in [0.2, 0.25) is 0 Å². The average molecular weight is 391 g/mol. The Bertz CT molecular complexity index is 1100. The molecule has 4 rings (SSSR count). The number of aryl methyl sites for hydroxylation is 1. The van der Waals surface area contributed by atoms with Gasteiger partial charge < -0.3 is 5.32 Å². The first-order valence-electron chi connectivity index (χ1n) is 8.83. The standard InChI is InChI=1S/C22H18FN3OS/c1-15-9-10-17(23)12-19(15)24-22(27)18-14-26(13-16-6-3-2-4-7-16)25-21(18)20-8-5-11-28-20/h2-12,14H,13H2,1H3,(H,24,27). The number of carbonyl (C=O) groups is 1. The summed E-state index contributed by atoms with van der Waals surface area (Å²) in [6.07, 6.45) is 1.74. The molecule has 2 aromatic carbocycles. The molecule has 0 aliphatic heterocycles. The van der Waals surface area contributed by atoms with E-state index in [-0.39, 0.29) is 11.7 Å². The number of hydrogen-bond donors (Lipinski definition) is 1. The summed E-state index contributed by atoms with van der Waals surface area (Å²) in [4.78, 5) is 13.9. The van der Waals surface area contributed by atoms with Gasteiger partial charge in [-0.15, -0.1) is 11.3 Å². The number of thiophene rings is 1. The van der Waals surface area contributed by atoms with Crippen molar-refractivity contribution in [2.45, 2.75) is 13.5 Å². The number of rotatable bonds is 5. The Morgan fingerprint density at radius 2 is 1.96 bits per heavy atom. The van der Waals surface area contributed by atoms with Crippen LogP contribution in [0.1, 0.15) is 21.5 Å². The molecule has 0 unspecified atom stereocenters. The molecule has 0 spiro atoms. The van der Waals surface area contributed by atoms with Crippen molar-refractivity contribution in [2.75, 3.05) is 5.32 Å². The Labute approximate surface area is 166 Å². The number of nitrogens with zero attached hydrogens (tertiary/aromatic N) is 2. The summed E-state index contributed by atoms with van der Waals surface area (Å²) < 4.78 is 15.3. The lowest BCUT2D eigenvalue weighted by molar-refractivity contribution is 0.102. The van der Waals surface area contributed by atoms with E-state index in [0.29, 0.717) is 23.5 Å². The van der Waals surface area contributed by atoms with E-state index in [0.717, 1.165) is 16.0 Å². The molecule has 4 nitrogen and oxygen atoms in total. The van der Waals surface area contributed by atoms with Crippen molar-refractivity contribution in [3.63, 3.8) is 0 Å². The van der Waals surface area contributed by atoms with Crippen molar-refractivity contribution in [2.24, 2.45) is 0 Å². The molecule has 28 heavy (non-hydrogen) atoms. The predicted octanol–water partition coefficient (Wildman–Crippen LogP) is 5.36. The quantitative estimate of drug-likeness (QED) is 0.498. The highest BCUT2D eigenvalue weighted by atomic mass is 32.1. The Kier molecular flexibility index (Phi) is 5.04. The third-order valence-electron chi connectivity index (χ3n) is 4.40. The topological polar surface area (TPSA) is 46.9 Å². The van der Waals surface area contributed by atoms with Gasteiger partial charge in [-0.25, -0.2) is 4.39 Å². The fraction of sp³-hybridized carbons (Fsp3) is 0.0909. The van der Waals surface area contributed by atoms with Gasteiger partial charge in [-0.2, -0.15) is 5.10 Å². The van der Waals surface area contributed by atoms with Crippen LogP contribution in [0.15, 0.2) is 72.2 Å². The third kappa shape index (κ3) is 3.87. The van der Waals surface area contributed by atoms with Gasteiger partial charge in [0.2, 0.25) is 0 Å². The maximum atomic E-state index is 13.6. The van der Waals surface area contributed by atoms with Crippen LogP contribution in [-0.4, -0.2) is 15.7 Å². The van der Waals surface area contributed by atoms with Gasteiger partial charge in [0.1, 0.15) is 11.5 Å². The maximum Gasteiger partial charge on any atom is 0.259 e. The summed E-state index contributed by atoms with van der Waals surface area (Å²) in [6, 6.07) is 18.1. The van der Waals surface area contributed by atoms with E-state index in [9.17, 15) is 9.18 Å². The summed E-state index contributed by atoms with van der Waals surface area (Å²) in [7, 11) is 0. The molecule has 0 aliphatic rings. The minimum absolute atomic E-state index is 0.309. The number of benzene rings is 2. The van der Waals surface area contributed by atoms with Crippen LogP contribution in [0.5, 0.6) is 0 Å². The van der Waals surface area contributed by atoms with Crippen LogP contribution >= 0.6 is 11.3 Å². The lowest BCUT2D eigenvalue weighted by atomic mass is 10.1. The number of amides is 1. The number of nitrogens with one attached hydrogen (secondary N) is 1. The average Bonchev–Trinajstić information content (AvgIpc) is 3.35. The molecule has 4 aromatic rings. The third-order valence-corrected chi connectivity index (χ3v) is 5.27. The van der Waals surface area contributed by atoms with Crippen molar-refractivity contribution in [1.82, 2.24) is 9.78 Å². The van der Waals surface area contributed by atoms with E-state index < -0.39 is 0 Å². The molecule has 6 heteroatoms. The molecule has 0 saturated heterocycles. The first kappa shape index (κ1) is 18.1. The Morgan fingerprint density at radius 3 is 2.71 bits per heavy atom. The van der Waals surface area contributed by atoms with Crippen LogP contribution in [0.4, 0.5) is 10.1 Å². The Hall–Kier alpha value is -3.25. The fourth-order valence-electron chi connectivity index (χ4n) is 2.95. The van der Waals surface area contributed by atoms with Gasteiger partial charge in [-0.05, 0) is 41.6 Å². The number of anilines is 1. The van der Waals surface area contributed by atoms with Crippen molar-refractivity contribution in [1.29, 1.82) is 0 Å². The van der Waals surface area contributed by atoms with E-state index in [2.05, 4.69) is 10.4 Å². The largest absolute Gasteiger partial charge is 0.322 e. The zero-order chi connectivity index (χ0) is 19.5. The van der Waals surface area contributed by atoms with Crippen molar-refractivity contribution >= 4 is 22.9 Å². The molecular weight excluding hydrogens is 373 g/mol. The second-order valence-electron chi connectivity index (χ2n) is 6.47. The fourth-order valence-corrected chi connectivity index (χ4v) is 3.68. The summed E-state index contributed by atoms with van der Waals surface area (Å²) in [5.41, 5.74) is 3.43. The SMILES string of the molecule is Cc1ccc(F)cc1NC(=O)c1cn(Cc2ccccc2)nc1-c1cccs1. The minimum Gasteiger partial charge on any atom is -0.322 e. The van der Waals surface area contributed by atoms with Gasteiger partial charge >= 0.3 is 0 Å². The summed E-state index contributed by atoms with van der Waals surface area (Å²) in [6.45, 7) is 2.39. The number of hydrogen-bond acceptors (Lipinski definition) is 3. The highest BCUT2D eigenvalue weighted by Crippen LogP contribution is 2.28. The van der Waals surface area contributed by atoms with E-state index in [1.807, 2.05) is 54.8 Å². The molecule has 0 fully saturated rings. The van der Waals surface area contributed by atoms with Gasteiger partial charge in [-0.1, -0.05) is 42.5 Å². The van der Waals surface area contributed by atoms with Crippen LogP contribution in [0, 0.1) is 12.7 Å². The van der Waals surface area contributed by atoms with Crippen LogP contribution in [0.25, 0.3) is 10.6 Å². The summed E-state index contributed by atoms with van der Waals surface area (Å²) in [5, 5.41) is 9.41. The zero-order valence-corrected chi connectivity index (χ0v) is 16.0. The Balaban J connectivity index is 1.68. The number of carbonyl (C=O) groups excluding carboxylic acids is 1. The van der Waals surface area contributed by atoms with E-state index in [1.165, 1.54) is 23.5 Å². The van der Waals surface area contributed by atoms with Crippen LogP contribution in [0.3, 0.4) is 0 Å². The predicted molar refractivity (Wildman–Crippen MR) is 110 cm³/mol. The van der Waals surface area contributed by atoms with Crippen molar-refractivity contribution in [3.8, 4) is 10.6 Å². The molecule has 1 N–H and O–H groups in total. The molecule has 0 bridgehead atoms. The second-order valence-corrected chi connectivity index (χ2v) is 7.41. The normalized spacial score (nSPS) is 10.8. The Morgan fingerprint density at radius 1 is 1.14 bits per heavy atom. The summed E-state index contributed by atoms with van der Waals surface area (Å²) >= 11 is 1.52. The van der Waals surface area contributed by atoms with E-state index in [1.54, 1.807) is 16.9 Å². The second kappa shape index (κ2) is 7.78. The highest BCUT2D eigenvalue weighted by Gasteiger charge is 2.19. The van der Waals surface area contributed by atoms with Crippen LogP contribution in [-0.2, 0) is 6.54 Å². The van der Waals surface area contributed by atoms with E-state index in [4.69, 9.17) is 0 Å². The van der Waals surface area contributed by atoms with Gasteiger partial charge in [0.25, 0.3) is 5.91 Å². The molecule has 2 heterocycles.